The number of likely N-dealkylation sites (tertiary alicyclic amines) is 1. The Labute approximate surface area is 119 Å². The summed E-state index contributed by atoms with van der Waals surface area (Å²) < 4.78 is 10.1. The monoisotopic (exact) mass is 281 g/mol. The summed E-state index contributed by atoms with van der Waals surface area (Å²) in [6.07, 6.45) is 4.67. The van der Waals surface area contributed by atoms with E-state index in [1.807, 2.05) is 0 Å². The Morgan fingerprint density at radius 3 is 2.90 bits per heavy atom. The number of carbonyl (C=O) groups excluding carboxylic acids is 1. The van der Waals surface area contributed by atoms with Gasteiger partial charge in [0.25, 0.3) is 6.01 Å². The summed E-state index contributed by atoms with van der Waals surface area (Å²) in [6.45, 7) is 7.66. The van der Waals surface area contributed by atoms with Crippen LogP contribution in [0, 0.1) is 0 Å². The van der Waals surface area contributed by atoms with Gasteiger partial charge in [0.2, 0.25) is 0 Å². The summed E-state index contributed by atoms with van der Waals surface area (Å²) in [7, 11) is 0. The molecule has 20 heavy (non-hydrogen) atoms. The van der Waals surface area contributed by atoms with E-state index in [0.717, 1.165) is 25.9 Å². The van der Waals surface area contributed by atoms with Gasteiger partial charge in [0.05, 0.1) is 6.61 Å². The number of oxazole rings is 1. The van der Waals surface area contributed by atoms with Gasteiger partial charge in [-0.25, -0.2) is 4.79 Å². The van der Waals surface area contributed by atoms with Crippen LogP contribution < -0.4 is 5.32 Å². The van der Waals surface area contributed by atoms with Crippen molar-refractivity contribution in [1.29, 1.82) is 0 Å². The number of ether oxygens (including phenoxy) is 1. The Kier molecular flexibility index (Phi) is 5.40. The first kappa shape index (κ1) is 14.8. The molecule has 0 aromatic carbocycles. The molecule has 1 N–H and O–H groups in total. The first-order valence-electron chi connectivity index (χ1n) is 7.34. The van der Waals surface area contributed by atoms with Crippen LogP contribution >= 0.6 is 0 Å². The SMILES string of the molecule is CCCN1CCC(Nc2nc(C(=O)OCC)co2)CC1. The number of rotatable bonds is 6. The van der Waals surface area contributed by atoms with Crippen molar-refractivity contribution in [2.75, 3.05) is 31.6 Å². The second kappa shape index (κ2) is 7.28. The maximum Gasteiger partial charge on any atom is 0.360 e. The topological polar surface area (TPSA) is 67.6 Å². The van der Waals surface area contributed by atoms with E-state index < -0.39 is 5.97 Å². The lowest BCUT2D eigenvalue weighted by molar-refractivity contribution is 0.0519. The summed E-state index contributed by atoms with van der Waals surface area (Å²) in [5.74, 6) is -0.443. The average molecular weight is 281 g/mol. The van der Waals surface area contributed by atoms with Crippen LogP contribution in [0.15, 0.2) is 10.7 Å². The van der Waals surface area contributed by atoms with E-state index in [0.29, 0.717) is 18.7 Å². The zero-order chi connectivity index (χ0) is 14.4. The number of hydrogen-bond donors (Lipinski definition) is 1. The van der Waals surface area contributed by atoms with Gasteiger partial charge in [-0.3, -0.25) is 0 Å². The van der Waals surface area contributed by atoms with E-state index in [2.05, 4.69) is 22.1 Å². The predicted molar refractivity (Wildman–Crippen MR) is 75.8 cm³/mol. The molecule has 0 bridgehead atoms. The number of esters is 1. The molecule has 0 atom stereocenters. The van der Waals surface area contributed by atoms with Crippen molar-refractivity contribution in [2.45, 2.75) is 39.2 Å². The first-order chi connectivity index (χ1) is 9.72. The summed E-state index contributed by atoms with van der Waals surface area (Å²) >= 11 is 0. The molecule has 2 heterocycles. The molecule has 0 unspecified atom stereocenters. The molecule has 6 nitrogen and oxygen atoms in total. The first-order valence-corrected chi connectivity index (χ1v) is 7.34. The number of piperidine rings is 1. The van der Waals surface area contributed by atoms with Crippen LogP contribution in [0.5, 0.6) is 0 Å². The van der Waals surface area contributed by atoms with Gasteiger partial charge in [-0.15, -0.1) is 0 Å². The molecule has 0 radical (unpaired) electrons. The molecule has 1 aromatic rings. The van der Waals surface area contributed by atoms with Crippen LogP contribution in [-0.4, -0.2) is 48.1 Å². The minimum atomic E-state index is -0.443. The minimum absolute atomic E-state index is 0.220. The molecular formula is C14H23N3O3. The minimum Gasteiger partial charge on any atom is -0.461 e. The van der Waals surface area contributed by atoms with Gasteiger partial charge in [-0.05, 0) is 32.7 Å². The molecule has 6 heteroatoms. The lowest BCUT2D eigenvalue weighted by Crippen LogP contribution is -2.39. The smallest absolute Gasteiger partial charge is 0.360 e. The van der Waals surface area contributed by atoms with Crippen LogP contribution in [0.3, 0.4) is 0 Å². The van der Waals surface area contributed by atoms with Crippen molar-refractivity contribution in [2.24, 2.45) is 0 Å². The third-order valence-electron chi connectivity index (χ3n) is 3.44. The predicted octanol–water partition coefficient (Wildman–Crippen LogP) is 2.14. The molecule has 1 saturated heterocycles. The molecule has 0 amide bonds. The highest BCUT2D eigenvalue weighted by molar-refractivity contribution is 5.87. The number of nitrogens with zero attached hydrogens (tertiary/aromatic N) is 2. The van der Waals surface area contributed by atoms with Crippen molar-refractivity contribution >= 4 is 12.0 Å². The average Bonchev–Trinajstić information content (AvgIpc) is 2.90. The van der Waals surface area contributed by atoms with E-state index in [4.69, 9.17) is 9.15 Å². The Bertz CT molecular complexity index is 425. The summed E-state index contributed by atoms with van der Waals surface area (Å²) in [5, 5.41) is 3.25. The fourth-order valence-corrected chi connectivity index (χ4v) is 2.43. The van der Waals surface area contributed by atoms with E-state index in [1.165, 1.54) is 19.2 Å². The molecule has 0 aliphatic carbocycles. The van der Waals surface area contributed by atoms with E-state index in [1.54, 1.807) is 6.92 Å². The second-order valence-electron chi connectivity index (χ2n) is 5.02. The zero-order valence-electron chi connectivity index (χ0n) is 12.2. The van der Waals surface area contributed by atoms with Crippen molar-refractivity contribution in [3.63, 3.8) is 0 Å². The van der Waals surface area contributed by atoms with Crippen molar-refractivity contribution < 1.29 is 13.9 Å². The Hall–Kier alpha value is -1.56. The van der Waals surface area contributed by atoms with E-state index in [9.17, 15) is 4.79 Å². The molecule has 1 aliphatic heterocycles. The Morgan fingerprint density at radius 2 is 2.25 bits per heavy atom. The number of aromatic nitrogens is 1. The number of carbonyl (C=O) groups is 1. The second-order valence-corrected chi connectivity index (χ2v) is 5.02. The number of anilines is 1. The lowest BCUT2D eigenvalue weighted by Gasteiger charge is -2.31. The largest absolute Gasteiger partial charge is 0.461 e. The van der Waals surface area contributed by atoms with Crippen molar-refractivity contribution in [3.05, 3.63) is 12.0 Å². The van der Waals surface area contributed by atoms with Gasteiger partial charge in [0, 0.05) is 19.1 Å². The highest BCUT2D eigenvalue weighted by atomic mass is 16.5. The van der Waals surface area contributed by atoms with E-state index >= 15 is 0 Å². The fourth-order valence-electron chi connectivity index (χ4n) is 2.43. The maximum atomic E-state index is 11.5. The third kappa shape index (κ3) is 3.96. The highest BCUT2D eigenvalue weighted by Crippen LogP contribution is 2.16. The Morgan fingerprint density at radius 1 is 1.50 bits per heavy atom. The molecule has 112 valence electrons. The molecule has 1 aromatic heterocycles. The summed E-state index contributed by atoms with van der Waals surface area (Å²) in [6, 6.07) is 0.763. The van der Waals surface area contributed by atoms with Crippen LogP contribution in [0.4, 0.5) is 6.01 Å². The van der Waals surface area contributed by atoms with E-state index in [-0.39, 0.29) is 5.69 Å². The van der Waals surface area contributed by atoms with Gasteiger partial charge < -0.3 is 19.4 Å². The van der Waals surface area contributed by atoms with Crippen LogP contribution in [-0.2, 0) is 4.74 Å². The molecule has 1 fully saturated rings. The molecule has 1 aliphatic rings. The van der Waals surface area contributed by atoms with Crippen molar-refractivity contribution in [3.8, 4) is 0 Å². The fraction of sp³-hybridized carbons (Fsp3) is 0.714. The van der Waals surface area contributed by atoms with Crippen molar-refractivity contribution in [1.82, 2.24) is 9.88 Å². The molecule has 0 spiro atoms. The summed E-state index contributed by atoms with van der Waals surface area (Å²) in [4.78, 5) is 18.1. The van der Waals surface area contributed by atoms with Crippen LogP contribution in [0.2, 0.25) is 0 Å². The van der Waals surface area contributed by atoms with Gasteiger partial charge in [0.1, 0.15) is 6.26 Å². The van der Waals surface area contributed by atoms with Crippen LogP contribution in [0.25, 0.3) is 0 Å². The summed E-state index contributed by atoms with van der Waals surface area (Å²) in [5.41, 5.74) is 0.220. The van der Waals surface area contributed by atoms with Gasteiger partial charge in [-0.2, -0.15) is 4.98 Å². The quantitative estimate of drug-likeness (QED) is 0.806. The molecule has 0 saturated carbocycles. The Balaban J connectivity index is 1.81. The van der Waals surface area contributed by atoms with Gasteiger partial charge >= 0.3 is 5.97 Å². The third-order valence-corrected chi connectivity index (χ3v) is 3.44. The molecular weight excluding hydrogens is 258 g/mol. The highest BCUT2D eigenvalue weighted by Gasteiger charge is 2.20. The maximum absolute atomic E-state index is 11.5. The zero-order valence-corrected chi connectivity index (χ0v) is 12.2. The number of hydrogen-bond acceptors (Lipinski definition) is 6. The van der Waals surface area contributed by atoms with Crippen LogP contribution in [0.1, 0.15) is 43.6 Å². The normalized spacial score (nSPS) is 17.1. The number of nitrogens with one attached hydrogen (secondary N) is 1. The van der Waals surface area contributed by atoms with Gasteiger partial charge in [0.15, 0.2) is 5.69 Å². The lowest BCUT2D eigenvalue weighted by atomic mass is 10.1. The van der Waals surface area contributed by atoms with Gasteiger partial charge in [-0.1, -0.05) is 6.92 Å². The molecule has 2 rings (SSSR count). The standard InChI is InChI=1S/C14H23N3O3/c1-3-7-17-8-5-11(6-9-17)15-14-16-12(10-20-14)13(18)19-4-2/h10-11H,3-9H2,1-2H3,(H,15,16).